The molecule has 1 amide bonds. The Morgan fingerprint density at radius 2 is 2.03 bits per heavy atom. The number of amides is 1. The van der Waals surface area contributed by atoms with Crippen LogP contribution < -0.4 is 10.1 Å². The minimum absolute atomic E-state index is 0. The summed E-state index contributed by atoms with van der Waals surface area (Å²) in [5, 5.41) is 3.33. The smallest absolute Gasteiger partial charge is 0.251 e. The van der Waals surface area contributed by atoms with Crippen molar-refractivity contribution >= 4 is 35.8 Å². The van der Waals surface area contributed by atoms with Crippen LogP contribution in [0.3, 0.4) is 0 Å². The summed E-state index contributed by atoms with van der Waals surface area (Å²) in [5.41, 5.74) is 1.55. The fourth-order valence-electron chi connectivity index (χ4n) is 4.27. The molecule has 32 heavy (non-hydrogen) atoms. The van der Waals surface area contributed by atoms with Gasteiger partial charge in [0.15, 0.2) is 12.8 Å². The Labute approximate surface area is 205 Å². The summed E-state index contributed by atoms with van der Waals surface area (Å²) in [6.07, 6.45) is 2.09. The Hall–Kier alpha value is -1.66. The Balaban J connectivity index is 0.00000289. The SMILES string of the molecule is CCNC(=NCCc1cc(F)cc2c1OCOC2)N1CCN(C(=O)C2CCCO2)CC1.I. The van der Waals surface area contributed by atoms with E-state index in [9.17, 15) is 9.18 Å². The zero-order valence-electron chi connectivity index (χ0n) is 18.5. The van der Waals surface area contributed by atoms with Gasteiger partial charge in [-0.05, 0) is 43.9 Å². The number of guanidine groups is 1. The highest BCUT2D eigenvalue weighted by atomic mass is 127. The number of fused-ring (bicyclic) bond motifs is 1. The second kappa shape index (κ2) is 12.0. The van der Waals surface area contributed by atoms with Gasteiger partial charge in [0.1, 0.15) is 17.7 Å². The molecule has 1 aromatic rings. The highest BCUT2D eigenvalue weighted by Crippen LogP contribution is 2.29. The zero-order chi connectivity index (χ0) is 21.6. The Bertz CT molecular complexity index is 811. The number of rotatable bonds is 5. The van der Waals surface area contributed by atoms with Crippen LogP contribution in [0.4, 0.5) is 4.39 Å². The summed E-state index contributed by atoms with van der Waals surface area (Å²) in [6.45, 7) is 7.29. The van der Waals surface area contributed by atoms with Gasteiger partial charge in [0.05, 0.1) is 6.61 Å². The minimum Gasteiger partial charge on any atom is -0.467 e. The molecule has 0 aromatic heterocycles. The fourth-order valence-corrected chi connectivity index (χ4v) is 4.27. The second-order valence-electron chi connectivity index (χ2n) is 7.96. The molecule has 0 spiro atoms. The maximum Gasteiger partial charge on any atom is 0.251 e. The monoisotopic (exact) mass is 562 g/mol. The number of piperazine rings is 1. The van der Waals surface area contributed by atoms with Crippen molar-refractivity contribution in [3.8, 4) is 5.75 Å². The van der Waals surface area contributed by atoms with Gasteiger partial charge < -0.3 is 29.3 Å². The fraction of sp³-hybridized carbons (Fsp3) is 0.636. The van der Waals surface area contributed by atoms with Crippen molar-refractivity contribution in [2.75, 3.05) is 52.7 Å². The number of ether oxygens (including phenoxy) is 3. The molecule has 3 aliphatic heterocycles. The first-order valence-electron chi connectivity index (χ1n) is 11.1. The molecular weight excluding hydrogens is 530 g/mol. The van der Waals surface area contributed by atoms with Crippen LogP contribution in [-0.2, 0) is 27.3 Å². The van der Waals surface area contributed by atoms with Crippen LogP contribution in [0.25, 0.3) is 0 Å². The Morgan fingerprint density at radius 3 is 2.75 bits per heavy atom. The molecule has 3 heterocycles. The van der Waals surface area contributed by atoms with E-state index in [4.69, 9.17) is 19.2 Å². The summed E-state index contributed by atoms with van der Waals surface area (Å²) < 4.78 is 30.3. The zero-order valence-corrected chi connectivity index (χ0v) is 20.8. The molecule has 0 radical (unpaired) electrons. The van der Waals surface area contributed by atoms with E-state index in [-0.39, 0.29) is 48.6 Å². The van der Waals surface area contributed by atoms with Crippen molar-refractivity contribution in [2.24, 2.45) is 4.99 Å². The lowest BCUT2D eigenvalue weighted by atomic mass is 10.1. The van der Waals surface area contributed by atoms with E-state index >= 15 is 0 Å². The van der Waals surface area contributed by atoms with Crippen LogP contribution in [0.15, 0.2) is 17.1 Å². The molecule has 1 unspecified atom stereocenters. The van der Waals surface area contributed by atoms with Crippen LogP contribution in [0.5, 0.6) is 5.75 Å². The highest BCUT2D eigenvalue weighted by Gasteiger charge is 2.31. The first kappa shape index (κ1) is 25.0. The Kier molecular flexibility index (Phi) is 9.35. The average molecular weight is 562 g/mol. The van der Waals surface area contributed by atoms with Gasteiger partial charge in [-0.3, -0.25) is 9.79 Å². The van der Waals surface area contributed by atoms with Crippen molar-refractivity contribution in [3.05, 3.63) is 29.1 Å². The molecule has 10 heteroatoms. The predicted octanol–water partition coefficient (Wildman–Crippen LogP) is 2.14. The minimum atomic E-state index is -0.286. The molecular formula is C22H32FIN4O4. The van der Waals surface area contributed by atoms with Crippen molar-refractivity contribution in [3.63, 3.8) is 0 Å². The Morgan fingerprint density at radius 1 is 1.25 bits per heavy atom. The van der Waals surface area contributed by atoms with Gasteiger partial charge in [-0.2, -0.15) is 0 Å². The maximum absolute atomic E-state index is 14.0. The normalized spacial score (nSPS) is 20.9. The van der Waals surface area contributed by atoms with Gasteiger partial charge in [0, 0.05) is 51.4 Å². The molecule has 1 aromatic carbocycles. The molecule has 0 saturated carbocycles. The summed E-state index contributed by atoms with van der Waals surface area (Å²) in [4.78, 5) is 21.4. The topological polar surface area (TPSA) is 75.6 Å². The van der Waals surface area contributed by atoms with E-state index in [1.54, 1.807) is 0 Å². The summed E-state index contributed by atoms with van der Waals surface area (Å²) >= 11 is 0. The lowest BCUT2D eigenvalue weighted by molar-refractivity contribution is -0.142. The van der Waals surface area contributed by atoms with E-state index in [1.807, 2.05) is 11.8 Å². The average Bonchev–Trinajstić information content (AvgIpc) is 3.33. The lowest BCUT2D eigenvalue weighted by Gasteiger charge is -2.37. The predicted molar refractivity (Wildman–Crippen MR) is 129 cm³/mol. The molecule has 1 N–H and O–H groups in total. The van der Waals surface area contributed by atoms with Crippen LogP contribution in [0.2, 0.25) is 0 Å². The molecule has 1 atom stereocenters. The summed E-state index contributed by atoms with van der Waals surface area (Å²) in [7, 11) is 0. The van der Waals surface area contributed by atoms with Crippen molar-refractivity contribution in [2.45, 2.75) is 38.9 Å². The van der Waals surface area contributed by atoms with E-state index in [2.05, 4.69) is 10.2 Å². The van der Waals surface area contributed by atoms with Crippen molar-refractivity contribution in [1.82, 2.24) is 15.1 Å². The number of carbonyl (C=O) groups is 1. The molecule has 4 rings (SSSR count). The number of benzene rings is 1. The molecule has 3 aliphatic rings. The standard InChI is InChI=1S/C22H31FN4O4.HI/c1-2-24-22(27-9-7-26(8-10-27)21(28)19-4-3-11-30-19)25-6-5-16-12-18(23)13-17-14-29-15-31-20(16)17;/h12-13,19H,2-11,14-15H2,1H3,(H,24,25);1H. The van der Waals surface area contributed by atoms with Crippen LogP contribution in [0.1, 0.15) is 30.9 Å². The molecule has 0 bridgehead atoms. The van der Waals surface area contributed by atoms with E-state index in [1.165, 1.54) is 12.1 Å². The number of nitrogens with zero attached hydrogens (tertiary/aromatic N) is 3. The van der Waals surface area contributed by atoms with E-state index in [0.29, 0.717) is 45.0 Å². The molecule has 2 saturated heterocycles. The number of carbonyl (C=O) groups excluding carboxylic acids is 1. The van der Waals surface area contributed by atoms with E-state index in [0.717, 1.165) is 49.6 Å². The van der Waals surface area contributed by atoms with Gasteiger partial charge >= 0.3 is 0 Å². The van der Waals surface area contributed by atoms with Gasteiger partial charge in [-0.1, -0.05) is 0 Å². The first-order chi connectivity index (χ1) is 15.2. The number of hydrogen-bond acceptors (Lipinski definition) is 5. The highest BCUT2D eigenvalue weighted by molar-refractivity contribution is 14.0. The van der Waals surface area contributed by atoms with Gasteiger partial charge in [-0.25, -0.2) is 4.39 Å². The third-order valence-corrected chi connectivity index (χ3v) is 5.83. The quantitative estimate of drug-likeness (QED) is 0.337. The summed E-state index contributed by atoms with van der Waals surface area (Å²) in [5.74, 6) is 1.36. The number of nitrogens with one attached hydrogen (secondary N) is 1. The first-order valence-corrected chi connectivity index (χ1v) is 11.1. The number of hydrogen-bond donors (Lipinski definition) is 1. The second-order valence-corrected chi connectivity index (χ2v) is 7.96. The van der Waals surface area contributed by atoms with Crippen molar-refractivity contribution < 1.29 is 23.4 Å². The van der Waals surface area contributed by atoms with Gasteiger partial charge in [0.25, 0.3) is 5.91 Å². The van der Waals surface area contributed by atoms with Gasteiger partial charge in [-0.15, -0.1) is 24.0 Å². The van der Waals surface area contributed by atoms with Crippen LogP contribution in [0, 0.1) is 5.82 Å². The molecule has 0 aliphatic carbocycles. The third-order valence-electron chi connectivity index (χ3n) is 5.83. The number of halogens is 2. The van der Waals surface area contributed by atoms with Crippen LogP contribution >= 0.6 is 24.0 Å². The van der Waals surface area contributed by atoms with Crippen molar-refractivity contribution in [1.29, 1.82) is 0 Å². The van der Waals surface area contributed by atoms with E-state index < -0.39 is 0 Å². The van der Waals surface area contributed by atoms with Gasteiger partial charge in [0.2, 0.25) is 0 Å². The summed E-state index contributed by atoms with van der Waals surface area (Å²) in [6, 6.07) is 2.98. The molecule has 8 nitrogen and oxygen atoms in total. The largest absolute Gasteiger partial charge is 0.467 e. The van der Waals surface area contributed by atoms with Crippen LogP contribution in [-0.4, -0.2) is 80.4 Å². The molecule has 178 valence electrons. The lowest BCUT2D eigenvalue weighted by Crippen LogP contribution is -2.55. The number of aliphatic imine (C=N–C) groups is 1. The third kappa shape index (κ3) is 6.02. The molecule has 2 fully saturated rings. The maximum atomic E-state index is 14.0.